The first-order valence-corrected chi connectivity index (χ1v) is 21.8. The topological polar surface area (TPSA) is 78.9 Å². The number of carbonyl (C=O) groups excluding carboxylic acids is 3. The average Bonchev–Trinajstić information content (AvgIpc) is 3.10. The first-order chi connectivity index (χ1) is 24.2. The van der Waals surface area contributed by atoms with E-state index < -0.39 is 39.7 Å². The Labute approximate surface area is 305 Å². The Balaban J connectivity index is 1.59. The van der Waals surface area contributed by atoms with Gasteiger partial charge in [0, 0.05) is 12.3 Å². The summed E-state index contributed by atoms with van der Waals surface area (Å²) in [5, 5.41) is 3.53. The van der Waals surface area contributed by atoms with E-state index in [0.29, 0.717) is 6.42 Å². The predicted octanol–water partition coefficient (Wildman–Crippen LogP) is 6.58. The van der Waals surface area contributed by atoms with Gasteiger partial charge in [-0.05, 0) is 44.2 Å². The van der Waals surface area contributed by atoms with E-state index in [1.54, 1.807) is 0 Å². The third-order valence-electron chi connectivity index (χ3n) is 10.3. The Hall–Kier alpha value is -4.12. The van der Waals surface area contributed by atoms with Gasteiger partial charge in [-0.2, -0.15) is 0 Å². The third-order valence-corrected chi connectivity index (χ3v) is 20.2. The van der Waals surface area contributed by atoms with Gasteiger partial charge in [-0.25, -0.2) is 0 Å². The summed E-state index contributed by atoms with van der Waals surface area (Å²) < 4.78 is 20.4. The maximum absolute atomic E-state index is 14.9. The van der Waals surface area contributed by atoms with Crippen molar-refractivity contribution in [1.82, 2.24) is 0 Å². The van der Waals surface area contributed by atoms with Crippen LogP contribution < -0.4 is 20.7 Å². The molecule has 6 nitrogen and oxygen atoms in total. The Morgan fingerprint density at radius 1 is 0.608 bits per heavy atom. The summed E-state index contributed by atoms with van der Waals surface area (Å²) in [4.78, 5) is 39.2. The molecule has 0 bridgehead atoms. The molecule has 5 rings (SSSR count). The maximum Gasteiger partial charge on any atom is 0.323 e. The molecule has 0 aliphatic heterocycles. The molecule has 0 aromatic heterocycles. The van der Waals surface area contributed by atoms with Crippen molar-refractivity contribution < 1.29 is 28.0 Å². The fourth-order valence-electron chi connectivity index (χ4n) is 7.62. The largest absolute Gasteiger partial charge is 0.509 e. The third kappa shape index (κ3) is 7.88. The molecule has 1 saturated carbocycles. The maximum atomic E-state index is 14.9. The lowest BCUT2D eigenvalue weighted by Crippen LogP contribution is -2.71. The van der Waals surface area contributed by atoms with E-state index in [1.807, 2.05) is 72.8 Å². The lowest BCUT2D eigenvalue weighted by Gasteiger charge is -2.52. The highest BCUT2D eigenvalue weighted by Gasteiger charge is 2.60. The minimum Gasteiger partial charge on any atom is -0.509 e. The molecule has 0 unspecified atom stereocenters. The zero-order chi connectivity index (χ0) is 36.9. The Kier molecular flexibility index (Phi) is 11.7. The molecule has 1 fully saturated rings. The van der Waals surface area contributed by atoms with Gasteiger partial charge in [-0.15, -0.1) is 0 Å². The number of carbonyl (C=O) groups is 3. The van der Waals surface area contributed by atoms with Crippen molar-refractivity contribution in [3.63, 3.8) is 0 Å². The van der Waals surface area contributed by atoms with Crippen molar-refractivity contribution in [1.29, 1.82) is 0 Å². The molecule has 8 heteroatoms. The van der Waals surface area contributed by atoms with Crippen LogP contribution in [0.2, 0.25) is 10.1 Å². The SMILES string of the molecule is CC(=O)CCC(=O)OC[C@H]1C[C@@H](C(=O)O[Si](c2ccccc2)(c2ccccc2)C(C)(C)C)[C@H]1O[Si](c1ccccc1)(c1ccccc1)C(C)(C)C. The van der Waals surface area contributed by atoms with E-state index in [1.165, 1.54) is 6.92 Å². The molecule has 1 aliphatic carbocycles. The molecule has 1 aliphatic rings. The van der Waals surface area contributed by atoms with Gasteiger partial charge < -0.3 is 18.4 Å². The summed E-state index contributed by atoms with van der Waals surface area (Å²) in [6.07, 6.45) is 0.0584. The number of hydrogen-bond donors (Lipinski definition) is 0. The standard InChI is InChI=1S/C43H52O6Si2/c1-32(44)28-29-39(45)47-31-33-30-38(40(33)48-50(42(2,3)4,34-20-12-8-13-21-34)35-22-14-9-15-23-35)41(46)49-51(43(5,6)7,36-24-16-10-17-25-36)37-26-18-11-19-27-37/h8-27,33,38,40H,28-31H2,1-7H3/t33-,38-,40+/m1/s1. The second-order valence-electron chi connectivity index (χ2n) is 15.8. The van der Waals surface area contributed by atoms with E-state index in [9.17, 15) is 14.4 Å². The number of ether oxygens (including phenoxy) is 1. The number of Topliss-reactive ketones (excluding diaryl/α,β-unsaturated/α-hetero) is 1. The van der Waals surface area contributed by atoms with Crippen LogP contribution in [0, 0.1) is 11.8 Å². The van der Waals surface area contributed by atoms with Crippen LogP contribution in [0.4, 0.5) is 0 Å². The average molecular weight is 721 g/mol. The number of rotatable bonds is 13. The van der Waals surface area contributed by atoms with E-state index >= 15 is 0 Å². The summed E-state index contributed by atoms with van der Waals surface area (Å²) in [6.45, 7) is 14.7. The van der Waals surface area contributed by atoms with Crippen molar-refractivity contribution in [2.45, 2.75) is 83.9 Å². The molecule has 0 N–H and O–H groups in total. The summed E-state index contributed by atoms with van der Waals surface area (Å²) in [7, 11) is -6.30. The molecule has 3 atom stereocenters. The lowest BCUT2D eigenvalue weighted by atomic mass is 9.72. The van der Waals surface area contributed by atoms with Gasteiger partial charge in [0.05, 0.1) is 25.0 Å². The summed E-state index contributed by atoms with van der Waals surface area (Å²) in [6, 6.07) is 41.0. The van der Waals surface area contributed by atoms with Crippen LogP contribution in [0.1, 0.15) is 67.7 Å². The fraction of sp³-hybridized carbons (Fsp3) is 0.372. The van der Waals surface area contributed by atoms with Crippen LogP contribution in [0.15, 0.2) is 121 Å². The molecule has 4 aromatic carbocycles. The molecule has 0 spiro atoms. The van der Waals surface area contributed by atoms with Gasteiger partial charge >= 0.3 is 14.3 Å². The zero-order valence-corrected chi connectivity index (χ0v) is 33.1. The zero-order valence-electron chi connectivity index (χ0n) is 31.1. The summed E-state index contributed by atoms with van der Waals surface area (Å²) >= 11 is 0. The highest BCUT2D eigenvalue weighted by Crippen LogP contribution is 2.46. The van der Waals surface area contributed by atoms with Crippen LogP contribution in [-0.4, -0.2) is 47.1 Å². The van der Waals surface area contributed by atoms with Crippen LogP contribution >= 0.6 is 0 Å². The first-order valence-electron chi connectivity index (χ1n) is 18.0. The number of ketones is 1. The molecule has 0 saturated heterocycles. The van der Waals surface area contributed by atoms with E-state index in [4.69, 9.17) is 13.6 Å². The molecular weight excluding hydrogens is 669 g/mol. The predicted molar refractivity (Wildman–Crippen MR) is 209 cm³/mol. The van der Waals surface area contributed by atoms with Crippen molar-refractivity contribution >= 4 is 55.1 Å². The van der Waals surface area contributed by atoms with Crippen LogP contribution in [0.5, 0.6) is 0 Å². The number of esters is 1. The minimum absolute atomic E-state index is 0.0294. The van der Waals surface area contributed by atoms with Crippen LogP contribution in [-0.2, 0) is 28.0 Å². The molecule has 0 radical (unpaired) electrons. The van der Waals surface area contributed by atoms with Crippen LogP contribution in [0.3, 0.4) is 0 Å². The van der Waals surface area contributed by atoms with E-state index in [-0.39, 0.29) is 42.2 Å². The van der Waals surface area contributed by atoms with Gasteiger partial charge in [0.15, 0.2) is 0 Å². The van der Waals surface area contributed by atoms with Gasteiger partial charge in [0.2, 0.25) is 0 Å². The minimum atomic E-state index is -3.20. The summed E-state index contributed by atoms with van der Waals surface area (Å²) in [5.74, 6) is -1.58. The monoisotopic (exact) mass is 720 g/mol. The van der Waals surface area contributed by atoms with Gasteiger partial charge in [0.1, 0.15) is 5.78 Å². The van der Waals surface area contributed by atoms with Gasteiger partial charge in [-0.3, -0.25) is 9.59 Å². The van der Waals surface area contributed by atoms with Crippen molar-refractivity contribution in [2.24, 2.45) is 11.8 Å². The van der Waals surface area contributed by atoms with Gasteiger partial charge in [0.25, 0.3) is 14.3 Å². The second-order valence-corrected chi connectivity index (χ2v) is 24.3. The smallest absolute Gasteiger partial charge is 0.323 e. The van der Waals surface area contributed by atoms with E-state index in [2.05, 4.69) is 90.1 Å². The molecular formula is C43H52O6Si2. The molecule has 0 heterocycles. The van der Waals surface area contributed by atoms with Crippen molar-refractivity contribution in [2.75, 3.05) is 6.61 Å². The second kappa shape index (κ2) is 15.6. The molecule has 0 amide bonds. The first kappa shape index (κ1) is 38.1. The van der Waals surface area contributed by atoms with Crippen molar-refractivity contribution in [3.8, 4) is 0 Å². The number of hydrogen-bond acceptors (Lipinski definition) is 6. The molecule has 51 heavy (non-hydrogen) atoms. The van der Waals surface area contributed by atoms with E-state index in [0.717, 1.165) is 20.7 Å². The molecule has 268 valence electrons. The molecule has 4 aromatic rings. The normalized spacial score (nSPS) is 18.0. The highest BCUT2D eigenvalue weighted by molar-refractivity contribution is 7.00. The Morgan fingerprint density at radius 2 is 1.00 bits per heavy atom. The number of benzene rings is 4. The fourth-order valence-corrected chi connectivity index (χ4v) is 16.8. The Bertz CT molecular complexity index is 1690. The highest BCUT2D eigenvalue weighted by atomic mass is 28.4. The lowest BCUT2D eigenvalue weighted by molar-refractivity contribution is -0.161. The Morgan fingerprint density at radius 3 is 1.37 bits per heavy atom. The van der Waals surface area contributed by atoms with Crippen molar-refractivity contribution in [3.05, 3.63) is 121 Å². The van der Waals surface area contributed by atoms with Crippen LogP contribution in [0.25, 0.3) is 0 Å². The summed E-state index contributed by atoms with van der Waals surface area (Å²) in [5.41, 5.74) is 0. The van der Waals surface area contributed by atoms with Gasteiger partial charge in [-0.1, -0.05) is 163 Å². The quantitative estimate of drug-likeness (QED) is 0.115.